The lowest BCUT2D eigenvalue weighted by molar-refractivity contribution is -0.0597. The zero-order valence-corrected chi connectivity index (χ0v) is 22.0. The van der Waals surface area contributed by atoms with Crippen molar-refractivity contribution >= 4 is 15.8 Å². The van der Waals surface area contributed by atoms with Crippen LogP contribution in [0.1, 0.15) is 65.9 Å². The van der Waals surface area contributed by atoms with Gasteiger partial charge >= 0.3 is 16.3 Å². The molecule has 0 spiro atoms. The minimum Gasteiger partial charge on any atom is -0.497 e. The summed E-state index contributed by atoms with van der Waals surface area (Å²) in [5.41, 5.74) is -1.74. The van der Waals surface area contributed by atoms with Gasteiger partial charge in [-0.3, -0.25) is 4.28 Å². The molecule has 0 amide bonds. The molecular formula is C24H36F3NO6S. The minimum atomic E-state index is -4.91. The van der Waals surface area contributed by atoms with E-state index in [-0.39, 0.29) is 35.5 Å². The summed E-state index contributed by atoms with van der Waals surface area (Å²) in [6.45, 7) is 10.9. The third kappa shape index (κ3) is 9.27. The van der Waals surface area contributed by atoms with Crippen LogP contribution in [0.15, 0.2) is 29.4 Å². The average Bonchev–Trinajstić information content (AvgIpc) is 3.50. The highest BCUT2D eigenvalue weighted by molar-refractivity contribution is 7.86. The normalized spacial score (nSPS) is 20.9. The number of rotatable bonds is 13. The van der Waals surface area contributed by atoms with Crippen LogP contribution in [0.3, 0.4) is 0 Å². The smallest absolute Gasteiger partial charge is 0.437 e. The zero-order chi connectivity index (χ0) is 26.5. The molecule has 1 aliphatic rings. The predicted molar refractivity (Wildman–Crippen MR) is 127 cm³/mol. The summed E-state index contributed by atoms with van der Waals surface area (Å²) in [6.07, 6.45) is -2.44. The molecule has 2 rings (SSSR count). The van der Waals surface area contributed by atoms with E-state index in [0.717, 1.165) is 31.4 Å². The van der Waals surface area contributed by atoms with Gasteiger partial charge in [0.15, 0.2) is 12.0 Å². The maximum absolute atomic E-state index is 13.4. The fraction of sp³-hybridized carbons (Fsp3) is 0.708. The molecule has 200 valence electrons. The number of ether oxygens (including phenoxy) is 3. The van der Waals surface area contributed by atoms with E-state index in [1.165, 1.54) is 19.2 Å². The van der Waals surface area contributed by atoms with Crippen molar-refractivity contribution in [2.75, 3.05) is 19.5 Å². The zero-order valence-electron chi connectivity index (χ0n) is 21.1. The van der Waals surface area contributed by atoms with E-state index in [9.17, 15) is 21.6 Å². The molecule has 0 aromatic heterocycles. The van der Waals surface area contributed by atoms with Crippen molar-refractivity contribution in [1.82, 2.24) is 0 Å². The van der Waals surface area contributed by atoms with Crippen LogP contribution in [0.25, 0.3) is 0 Å². The van der Waals surface area contributed by atoms with Crippen molar-refractivity contribution in [1.29, 1.82) is 0 Å². The monoisotopic (exact) mass is 523 g/mol. The van der Waals surface area contributed by atoms with Gasteiger partial charge in [-0.1, -0.05) is 46.2 Å². The van der Waals surface area contributed by atoms with E-state index in [1.807, 2.05) is 0 Å². The Balaban J connectivity index is 1.89. The molecule has 0 N–H and O–H groups in total. The van der Waals surface area contributed by atoms with Crippen molar-refractivity contribution in [2.24, 2.45) is 16.0 Å². The molecule has 35 heavy (non-hydrogen) atoms. The number of hydrogen-bond acceptors (Lipinski definition) is 7. The van der Waals surface area contributed by atoms with Crippen LogP contribution in [0.2, 0.25) is 0 Å². The Morgan fingerprint density at radius 3 is 2.26 bits per heavy atom. The van der Waals surface area contributed by atoms with Crippen LogP contribution in [0.4, 0.5) is 13.2 Å². The molecule has 3 atom stereocenters. The topological polar surface area (TPSA) is 86.7 Å². The molecule has 11 heteroatoms. The van der Waals surface area contributed by atoms with Gasteiger partial charge in [0.25, 0.3) is 0 Å². The Morgan fingerprint density at radius 1 is 1.11 bits per heavy atom. The van der Waals surface area contributed by atoms with E-state index in [4.69, 9.17) is 14.2 Å². The van der Waals surface area contributed by atoms with Crippen LogP contribution >= 0.6 is 0 Å². The maximum Gasteiger partial charge on any atom is 0.437 e. The van der Waals surface area contributed by atoms with Gasteiger partial charge < -0.3 is 14.2 Å². The molecule has 3 unspecified atom stereocenters. The summed E-state index contributed by atoms with van der Waals surface area (Å²) < 4.78 is 85.0. The summed E-state index contributed by atoms with van der Waals surface area (Å²) in [5.74, 6) is -0.199. The number of nitrogens with zero attached hydrogens (tertiary/aromatic N) is 1. The van der Waals surface area contributed by atoms with Crippen molar-refractivity contribution in [3.05, 3.63) is 29.8 Å². The molecule has 0 bridgehead atoms. The second-order valence-electron chi connectivity index (χ2n) is 10.3. The number of halogens is 3. The van der Waals surface area contributed by atoms with Gasteiger partial charge in [-0.2, -0.15) is 21.6 Å². The van der Waals surface area contributed by atoms with Crippen LogP contribution in [0, 0.1) is 10.8 Å². The van der Waals surface area contributed by atoms with Crippen LogP contribution in [0.5, 0.6) is 5.75 Å². The van der Waals surface area contributed by atoms with E-state index in [2.05, 4.69) is 44.1 Å². The summed E-state index contributed by atoms with van der Waals surface area (Å²) in [6, 6.07) is 4.85. The van der Waals surface area contributed by atoms with Gasteiger partial charge in [-0.05, 0) is 54.4 Å². The van der Waals surface area contributed by atoms with Crippen LogP contribution < -0.4 is 4.74 Å². The quantitative estimate of drug-likeness (QED) is 0.143. The largest absolute Gasteiger partial charge is 0.497 e. The fourth-order valence-corrected chi connectivity index (χ4v) is 5.15. The molecular weight excluding hydrogens is 487 g/mol. The van der Waals surface area contributed by atoms with Gasteiger partial charge in [0.1, 0.15) is 11.9 Å². The Hall–Kier alpha value is -1.85. The molecule has 7 nitrogen and oxygen atoms in total. The molecule has 1 aromatic carbocycles. The molecule has 1 aromatic rings. The second kappa shape index (κ2) is 11.5. The summed E-state index contributed by atoms with van der Waals surface area (Å²) >= 11 is 0. The number of alkyl halides is 3. The molecule has 1 aliphatic heterocycles. The highest BCUT2D eigenvalue weighted by Crippen LogP contribution is 2.49. The maximum atomic E-state index is 13.4. The SMILES string of the molecule is CCCC(C)(CC(C)(C)C)C1OC1OCCCS(=O)(=O)ON=C(c1ccc(OC)cc1)C(F)(F)F. The van der Waals surface area contributed by atoms with Crippen LogP contribution in [-0.4, -0.2) is 52.2 Å². The van der Waals surface area contributed by atoms with E-state index < -0.39 is 34.0 Å². The summed E-state index contributed by atoms with van der Waals surface area (Å²) in [5, 5.41) is 2.91. The molecule has 0 aliphatic carbocycles. The lowest BCUT2D eigenvalue weighted by Gasteiger charge is -2.34. The van der Waals surface area contributed by atoms with Gasteiger partial charge in [0.2, 0.25) is 0 Å². The number of epoxide rings is 1. The fourth-order valence-electron chi connectivity index (χ4n) is 4.42. The van der Waals surface area contributed by atoms with E-state index in [0.29, 0.717) is 5.75 Å². The highest BCUT2D eigenvalue weighted by Gasteiger charge is 2.53. The number of methoxy groups -OCH3 is 1. The molecule has 1 saturated heterocycles. The average molecular weight is 524 g/mol. The lowest BCUT2D eigenvalue weighted by Crippen LogP contribution is -2.31. The first-order valence-corrected chi connectivity index (χ1v) is 13.2. The Bertz CT molecular complexity index is 957. The predicted octanol–water partition coefficient (Wildman–Crippen LogP) is 5.68. The van der Waals surface area contributed by atoms with Crippen molar-refractivity contribution in [3.63, 3.8) is 0 Å². The first kappa shape index (κ1) is 29.4. The third-order valence-electron chi connectivity index (χ3n) is 5.59. The number of hydrogen-bond donors (Lipinski definition) is 0. The summed E-state index contributed by atoms with van der Waals surface area (Å²) in [4.78, 5) is 0. The molecule has 1 fully saturated rings. The van der Waals surface area contributed by atoms with Gasteiger partial charge in [-0.25, -0.2) is 0 Å². The van der Waals surface area contributed by atoms with Crippen molar-refractivity contribution in [2.45, 2.75) is 78.9 Å². The molecule has 1 heterocycles. The van der Waals surface area contributed by atoms with Crippen molar-refractivity contribution < 1.29 is 40.1 Å². The standard InChI is InChI=1S/C24H36F3NO6S/c1-7-13-23(5,16-22(2,3)4)20-21(33-20)32-14-8-15-35(29,30)34-28-19(24(25,26)27)17-9-11-18(31-6)12-10-17/h9-12,20-21H,7-8,13-16H2,1-6H3. The Labute approximate surface area is 206 Å². The van der Waals surface area contributed by atoms with E-state index >= 15 is 0 Å². The van der Waals surface area contributed by atoms with Gasteiger partial charge in [-0.15, -0.1) is 0 Å². The minimum absolute atomic E-state index is 0.0259. The first-order chi connectivity index (χ1) is 16.1. The third-order valence-corrected chi connectivity index (χ3v) is 6.68. The Morgan fingerprint density at radius 2 is 1.74 bits per heavy atom. The number of benzene rings is 1. The van der Waals surface area contributed by atoms with Gasteiger partial charge in [0.05, 0.1) is 19.5 Å². The Kier molecular flexibility index (Phi) is 9.63. The first-order valence-electron chi connectivity index (χ1n) is 11.6. The second-order valence-corrected chi connectivity index (χ2v) is 12.0. The van der Waals surface area contributed by atoms with E-state index in [1.54, 1.807) is 0 Å². The number of oxime groups is 1. The highest BCUT2D eigenvalue weighted by atomic mass is 32.2. The van der Waals surface area contributed by atoms with Crippen LogP contribution in [-0.2, 0) is 23.9 Å². The van der Waals surface area contributed by atoms with Crippen molar-refractivity contribution in [3.8, 4) is 5.75 Å². The molecule has 0 saturated carbocycles. The van der Waals surface area contributed by atoms with Gasteiger partial charge in [0, 0.05) is 5.56 Å². The summed E-state index contributed by atoms with van der Waals surface area (Å²) in [7, 11) is -2.97. The molecule has 0 radical (unpaired) electrons. The lowest BCUT2D eigenvalue weighted by atomic mass is 9.70.